The number of hydrogen-bond donors (Lipinski definition) is 0. The van der Waals surface area contributed by atoms with Gasteiger partial charge in [-0.15, -0.1) is 0 Å². The van der Waals surface area contributed by atoms with Crippen LogP contribution >= 0.6 is 0 Å². The van der Waals surface area contributed by atoms with Crippen molar-refractivity contribution in [2.45, 2.75) is 18.6 Å². The minimum atomic E-state index is -3.41. The molecule has 90 valence electrons. The van der Waals surface area contributed by atoms with Crippen molar-refractivity contribution in [3.05, 3.63) is 24.3 Å². The molecule has 0 radical (unpaired) electrons. The van der Waals surface area contributed by atoms with Gasteiger partial charge in [0.05, 0.1) is 11.0 Å². The Morgan fingerprint density at radius 2 is 2.06 bits per heavy atom. The zero-order valence-corrected chi connectivity index (χ0v) is 10.3. The minimum Gasteiger partial charge on any atom is -0.312 e. The van der Waals surface area contributed by atoms with E-state index in [-0.39, 0.29) is 5.16 Å². The molecule has 0 unspecified atom stereocenters. The van der Waals surface area contributed by atoms with E-state index in [2.05, 4.69) is 4.98 Å². The van der Waals surface area contributed by atoms with Gasteiger partial charge in [0.1, 0.15) is 0 Å². The third-order valence-corrected chi connectivity index (χ3v) is 5.01. The van der Waals surface area contributed by atoms with Gasteiger partial charge in [-0.3, -0.25) is 0 Å². The number of benzene rings is 1. The Bertz CT molecular complexity index is 675. The lowest BCUT2D eigenvalue weighted by Crippen LogP contribution is -2.39. The van der Waals surface area contributed by atoms with Crippen LogP contribution in [0.3, 0.4) is 0 Å². The highest BCUT2D eigenvalue weighted by molar-refractivity contribution is 7.89. The van der Waals surface area contributed by atoms with Crippen molar-refractivity contribution in [2.75, 3.05) is 13.1 Å². The third kappa shape index (κ3) is 1.41. The number of hydrogen-bond acceptors (Lipinski definition) is 3. The second-order valence-corrected chi connectivity index (χ2v) is 5.86. The lowest BCUT2D eigenvalue weighted by molar-refractivity contribution is 0.369. The van der Waals surface area contributed by atoms with Crippen molar-refractivity contribution in [1.29, 1.82) is 0 Å². The van der Waals surface area contributed by atoms with Crippen molar-refractivity contribution < 1.29 is 8.42 Å². The summed E-state index contributed by atoms with van der Waals surface area (Å²) in [5.41, 5.74) is 1.63. The maximum atomic E-state index is 12.2. The first-order chi connectivity index (χ1) is 8.14. The molecule has 2 aromatic rings. The van der Waals surface area contributed by atoms with Crippen LogP contribution in [0.5, 0.6) is 0 Å². The number of imidazole rings is 1. The minimum absolute atomic E-state index is 0.173. The summed E-state index contributed by atoms with van der Waals surface area (Å²) in [4.78, 5) is 4.24. The van der Waals surface area contributed by atoms with E-state index in [1.54, 1.807) is 4.57 Å². The molecule has 1 aromatic carbocycles. The van der Waals surface area contributed by atoms with Crippen LogP contribution in [0.4, 0.5) is 0 Å². The van der Waals surface area contributed by atoms with Gasteiger partial charge in [0.25, 0.3) is 10.0 Å². The molecular weight excluding hydrogens is 238 g/mol. The Morgan fingerprint density at radius 3 is 2.82 bits per heavy atom. The van der Waals surface area contributed by atoms with E-state index >= 15 is 0 Å². The molecule has 5 nitrogen and oxygen atoms in total. The van der Waals surface area contributed by atoms with Gasteiger partial charge in [-0.05, 0) is 12.1 Å². The average molecular weight is 251 g/mol. The van der Waals surface area contributed by atoms with E-state index in [1.807, 2.05) is 31.2 Å². The first-order valence-corrected chi connectivity index (χ1v) is 7.04. The van der Waals surface area contributed by atoms with Gasteiger partial charge < -0.3 is 4.57 Å². The Labute approximate surface area is 99.7 Å². The number of fused-ring (bicyclic) bond motifs is 3. The van der Waals surface area contributed by atoms with E-state index in [4.69, 9.17) is 0 Å². The van der Waals surface area contributed by atoms with Crippen LogP contribution in [0.15, 0.2) is 29.4 Å². The second-order valence-electron chi connectivity index (χ2n) is 4.03. The number of para-hydroxylation sites is 2. The number of sulfonamides is 1. The first kappa shape index (κ1) is 10.7. The summed E-state index contributed by atoms with van der Waals surface area (Å²) in [6.07, 6.45) is 0. The Kier molecular flexibility index (Phi) is 2.24. The van der Waals surface area contributed by atoms with Crippen molar-refractivity contribution in [3.63, 3.8) is 0 Å². The van der Waals surface area contributed by atoms with Crippen LogP contribution in [0.2, 0.25) is 0 Å². The zero-order valence-electron chi connectivity index (χ0n) is 9.50. The van der Waals surface area contributed by atoms with E-state index in [0.29, 0.717) is 19.6 Å². The molecule has 6 heteroatoms. The fourth-order valence-electron chi connectivity index (χ4n) is 2.24. The molecule has 0 atom stereocenters. The molecule has 17 heavy (non-hydrogen) atoms. The Morgan fingerprint density at radius 1 is 1.29 bits per heavy atom. The topological polar surface area (TPSA) is 55.2 Å². The predicted octanol–water partition coefficient (Wildman–Crippen LogP) is 1.06. The molecule has 0 spiro atoms. The molecule has 0 fully saturated rings. The highest BCUT2D eigenvalue weighted by atomic mass is 32.2. The third-order valence-electron chi connectivity index (χ3n) is 3.12. The maximum absolute atomic E-state index is 12.2. The van der Waals surface area contributed by atoms with Crippen molar-refractivity contribution >= 4 is 21.1 Å². The maximum Gasteiger partial charge on any atom is 0.277 e. The molecule has 0 aliphatic carbocycles. The van der Waals surface area contributed by atoms with Crippen molar-refractivity contribution in [2.24, 2.45) is 0 Å². The molecule has 1 aliphatic heterocycles. The Hall–Kier alpha value is -1.40. The fourth-order valence-corrected chi connectivity index (χ4v) is 3.82. The van der Waals surface area contributed by atoms with E-state index < -0.39 is 10.0 Å². The highest BCUT2D eigenvalue weighted by Crippen LogP contribution is 2.25. The lowest BCUT2D eigenvalue weighted by atomic mass is 10.3. The first-order valence-electron chi connectivity index (χ1n) is 5.60. The van der Waals surface area contributed by atoms with Gasteiger partial charge in [0.2, 0.25) is 5.16 Å². The summed E-state index contributed by atoms with van der Waals surface area (Å²) in [5.74, 6) is 0. The smallest absolute Gasteiger partial charge is 0.277 e. The summed E-state index contributed by atoms with van der Waals surface area (Å²) in [6.45, 7) is 3.52. The highest BCUT2D eigenvalue weighted by Gasteiger charge is 2.33. The molecule has 2 heterocycles. The lowest BCUT2D eigenvalue weighted by Gasteiger charge is -2.25. The standard InChI is InChI=1S/C11H13N3O2S/c1-2-13-7-8-14-10-6-4-3-5-9(10)12-11(14)17(13,15)16/h3-6H,2,7-8H2,1H3. The van der Waals surface area contributed by atoms with Gasteiger partial charge in [0.15, 0.2) is 0 Å². The second kappa shape index (κ2) is 3.54. The number of rotatable bonds is 1. The van der Waals surface area contributed by atoms with E-state index in [0.717, 1.165) is 11.0 Å². The van der Waals surface area contributed by atoms with Gasteiger partial charge in [0, 0.05) is 19.6 Å². The van der Waals surface area contributed by atoms with Crippen LogP contribution in [0.25, 0.3) is 11.0 Å². The Balaban J connectivity index is 2.32. The predicted molar refractivity (Wildman–Crippen MR) is 64.2 cm³/mol. The van der Waals surface area contributed by atoms with Crippen LogP contribution < -0.4 is 0 Å². The molecule has 0 saturated heterocycles. The fraction of sp³-hybridized carbons (Fsp3) is 0.364. The molecule has 0 amide bonds. The van der Waals surface area contributed by atoms with Gasteiger partial charge in [-0.2, -0.15) is 4.31 Å². The largest absolute Gasteiger partial charge is 0.312 e. The average Bonchev–Trinajstić information content (AvgIpc) is 2.69. The SMILES string of the molecule is CCN1CCn2c(nc3ccccc32)S1(=O)=O. The molecule has 3 rings (SSSR count). The monoisotopic (exact) mass is 251 g/mol. The number of likely N-dealkylation sites (N-methyl/N-ethyl adjacent to an activating group) is 1. The summed E-state index contributed by atoms with van der Waals surface area (Å²) in [6, 6.07) is 7.51. The molecule has 1 aromatic heterocycles. The van der Waals surface area contributed by atoms with Crippen LogP contribution in [0, 0.1) is 0 Å². The summed E-state index contributed by atoms with van der Waals surface area (Å²) >= 11 is 0. The molecular formula is C11H13N3O2S. The molecule has 0 N–H and O–H groups in total. The normalized spacial score (nSPS) is 19.4. The summed E-state index contributed by atoms with van der Waals surface area (Å²) < 4.78 is 27.8. The molecule has 0 bridgehead atoms. The van der Waals surface area contributed by atoms with E-state index in [1.165, 1.54) is 4.31 Å². The van der Waals surface area contributed by atoms with Crippen LogP contribution in [0.1, 0.15) is 6.92 Å². The summed E-state index contributed by atoms with van der Waals surface area (Å²) in [5, 5.41) is 0.173. The molecule has 0 saturated carbocycles. The van der Waals surface area contributed by atoms with Gasteiger partial charge >= 0.3 is 0 Å². The van der Waals surface area contributed by atoms with Crippen LogP contribution in [-0.2, 0) is 16.6 Å². The summed E-state index contributed by atoms with van der Waals surface area (Å²) in [7, 11) is -3.41. The van der Waals surface area contributed by atoms with E-state index in [9.17, 15) is 8.42 Å². The number of aromatic nitrogens is 2. The molecule has 1 aliphatic rings. The number of nitrogens with zero attached hydrogens (tertiary/aromatic N) is 3. The van der Waals surface area contributed by atoms with Gasteiger partial charge in [-0.25, -0.2) is 13.4 Å². The quantitative estimate of drug-likeness (QED) is 0.761. The van der Waals surface area contributed by atoms with Crippen LogP contribution in [-0.4, -0.2) is 35.4 Å². The zero-order chi connectivity index (χ0) is 12.0. The van der Waals surface area contributed by atoms with Crippen molar-refractivity contribution in [3.8, 4) is 0 Å². The van der Waals surface area contributed by atoms with Crippen molar-refractivity contribution in [1.82, 2.24) is 13.9 Å². The van der Waals surface area contributed by atoms with Gasteiger partial charge in [-0.1, -0.05) is 19.1 Å².